The summed E-state index contributed by atoms with van der Waals surface area (Å²) in [5, 5.41) is 9.77. The van der Waals surface area contributed by atoms with E-state index in [9.17, 15) is 5.11 Å². The Morgan fingerprint density at radius 3 is 2.47 bits per heavy atom. The third-order valence-corrected chi connectivity index (χ3v) is 4.24. The van der Waals surface area contributed by atoms with E-state index >= 15 is 0 Å². The van der Waals surface area contributed by atoms with Gasteiger partial charge in [0.2, 0.25) is 0 Å². The van der Waals surface area contributed by atoms with Crippen molar-refractivity contribution in [2.24, 2.45) is 5.41 Å². The van der Waals surface area contributed by atoms with Crippen molar-refractivity contribution in [2.45, 2.75) is 46.1 Å². The largest absolute Gasteiger partial charge is 0.393 e. The second-order valence-corrected chi connectivity index (χ2v) is 5.41. The zero-order chi connectivity index (χ0) is 11.2. The molecule has 1 N–H and O–H groups in total. The van der Waals surface area contributed by atoms with Crippen molar-refractivity contribution < 1.29 is 5.11 Å². The number of aliphatic hydroxyl groups excluding tert-OH is 1. The molecule has 1 saturated carbocycles. The molecule has 0 radical (unpaired) electrons. The molecule has 1 aromatic carbocycles. The first-order valence-electron chi connectivity index (χ1n) is 5.68. The van der Waals surface area contributed by atoms with Crippen LogP contribution in [-0.2, 0) is 0 Å². The number of rotatable bonds is 1. The molecule has 2 unspecified atom stereocenters. The van der Waals surface area contributed by atoms with Gasteiger partial charge in [-0.15, -0.1) is 0 Å². The molecule has 2 rings (SSSR count). The van der Waals surface area contributed by atoms with Crippen LogP contribution in [0.3, 0.4) is 0 Å². The summed E-state index contributed by atoms with van der Waals surface area (Å²) in [4.78, 5) is 0. The molecule has 82 valence electrons. The third kappa shape index (κ3) is 1.50. The molecule has 0 amide bonds. The maximum Gasteiger partial charge on any atom is 0.0603 e. The van der Waals surface area contributed by atoms with Crippen LogP contribution in [0, 0.1) is 19.3 Å². The van der Waals surface area contributed by atoms with Crippen LogP contribution in [0.4, 0.5) is 0 Å². The lowest BCUT2D eigenvalue weighted by Crippen LogP contribution is -2.47. The highest BCUT2D eigenvalue weighted by Crippen LogP contribution is 2.53. The Hall–Kier alpha value is -0.820. The lowest BCUT2D eigenvalue weighted by Gasteiger charge is -2.50. The molecule has 15 heavy (non-hydrogen) atoms. The maximum absolute atomic E-state index is 9.77. The fourth-order valence-electron chi connectivity index (χ4n) is 2.58. The van der Waals surface area contributed by atoms with E-state index in [1.165, 1.54) is 16.7 Å². The van der Waals surface area contributed by atoms with E-state index in [0.717, 1.165) is 6.42 Å². The predicted octanol–water partition coefficient (Wildman–Crippen LogP) is 3.18. The summed E-state index contributed by atoms with van der Waals surface area (Å²) < 4.78 is 0. The van der Waals surface area contributed by atoms with Gasteiger partial charge in [-0.3, -0.25) is 0 Å². The molecule has 0 saturated heterocycles. The van der Waals surface area contributed by atoms with E-state index in [4.69, 9.17) is 0 Å². The Labute approximate surface area is 92.1 Å². The number of aliphatic hydroxyl groups is 1. The fourth-order valence-corrected chi connectivity index (χ4v) is 2.58. The van der Waals surface area contributed by atoms with Gasteiger partial charge in [0, 0.05) is 0 Å². The van der Waals surface area contributed by atoms with Gasteiger partial charge in [-0.25, -0.2) is 0 Å². The summed E-state index contributed by atoms with van der Waals surface area (Å²) in [6, 6.07) is 6.49. The average molecular weight is 204 g/mol. The van der Waals surface area contributed by atoms with E-state index in [2.05, 4.69) is 45.9 Å². The Morgan fingerprint density at radius 1 is 1.27 bits per heavy atom. The molecule has 1 aliphatic rings. The Kier molecular flexibility index (Phi) is 2.38. The molecule has 0 heterocycles. The molecular weight excluding hydrogens is 184 g/mol. The van der Waals surface area contributed by atoms with Gasteiger partial charge in [-0.05, 0) is 48.3 Å². The Balaban J connectivity index is 2.36. The summed E-state index contributed by atoms with van der Waals surface area (Å²) in [6.07, 6.45) is 0.777. The number of aryl methyl sites for hydroxylation is 1. The van der Waals surface area contributed by atoms with Gasteiger partial charge in [0.05, 0.1) is 6.10 Å². The molecule has 1 aromatic rings. The number of benzene rings is 1. The van der Waals surface area contributed by atoms with Crippen molar-refractivity contribution in [3.05, 3.63) is 34.9 Å². The molecule has 0 bridgehead atoms. The minimum absolute atomic E-state index is 0.0402. The predicted molar refractivity (Wildman–Crippen MR) is 63.1 cm³/mol. The van der Waals surface area contributed by atoms with Gasteiger partial charge >= 0.3 is 0 Å². The van der Waals surface area contributed by atoms with Gasteiger partial charge < -0.3 is 5.11 Å². The maximum atomic E-state index is 9.77. The first-order chi connectivity index (χ1) is 6.94. The normalized spacial score (nSPS) is 28.6. The molecule has 1 heteroatoms. The topological polar surface area (TPSA) is 20.2 Å². The van der Waals surface area contributed by atoms with Crippen LogP contribution in [0.2, 0.25) is 0 Å². The molecule has 1 fully saturated rings. The van der Waals surface area contributed by atoms with Crippen LogP contribution >= 0.6 is 0 Å². The average Bonchev–Trinajstić information content (AvgIpc) is 2.19. The highest BCUT2D eigenvalue weighted by molar-refractivity contribution is 5.38. The van der Waals surface area contributed by atoms with Gasteiger partial charge in [-0.2, -0.15) is 0 Å². The van der Waals surface area contributed by atoms with Gasteiger partial charge in [0.25, 0.3) is 0 Å². The summed E-state index contributed by atoms with van der Waals surface area (Å²) in [6.45, 7) is 8.66. The highest BCUT2D eigenvalue weighted by Gasteiger charge is 2.48. The van der Waals surface area contributed by atoms with Crippen LogP contribution in [0.5, 0.6) is 0 Å². The standard InChI is InChI=1S/C14H20O/c1-9-6-5-7-11(10(9)2)12-8-13(15)14(12,3)4/h5-7,12-13,15H,8H2,1-4H3. The first-order valence-corrected chi connectivity index (χ1v) is 5.68. The smallest absolute Gasteiger partial charge is 0.0603 e. The fraction of sp³-hybridized carbons (Fsp3) is 0.571. The van der Waals surface area contributed by atoms with E-state index in [1.54, 1.807) is 0 Å². The first kappa shape index (κ1) is 10.7. The quantitative estimate of drug-likeness (QED) is 0.745. The van der Waals surface area contributed by atoms with Crippen molar-refractivity contribution in [3.63, 3.8) is 0 Å². The van der Waals surface area contributed by atoms with Crippen molar-refractivity contribution in [2.75, 3.05) is 0 Å². The van der Waals surface area contributed by atoms with Crippen LogP contribution < -0.4 is 0 Å². The summed E-state index contributed by atoms with van der Waals surface area (Å²) in [5.41, 5.74) is 4.20. The number of hydrogen-bond acceptors (Lipinski definition) is 1. The van der Waals surface area contributed by atoms with E-state index < -0.39 is 0 Å². The molecule has 0 spiro atoms. The zero-order valence-corrected chi connectivity index (χ0v) is 10.0. The Morgan fingerprint density at radius 2 is 1.93 bits per heavy atom. The van der Waals surface area contributed by atoms with E-state index in [1.807, 2.05) is 0 Å². The van der Waals surface area contributed by atoms with Gasteiger partial charge in [0.1, 0.15) is 0 Å². The second kappa shape index (κ2) is 3.34. The molecule has 0 aromatic heterocycles. The van der Waals surface area contributed by atoms with Crippen LogP contribution in [-0.4, -0.2) is 11.2 Å². The van der Waals surface area contributed by atoms with Crippen molar-refractivity contribution >= 4 is 0 Å². The highest BCUT2D eigenvalue weighted by atomic mass is 16.3. The van der Waals surface area contributed by atoms with Gasteiger partial charge in [0.15, 0.2) is 0 Å². The van der Waals surface area contributed by atoms with Crippen LogP contribution in [0.1, 0.15) is 42.9 Å². The molecular formula is C14H20O. The molecule has 2 atom stereocenters. The SMILES string of the molecule is Cc1cccc(C2CC(O)C2(C)C)c1C. The van der Waals surface area contributed by atoms with Crippen molar-refractivity contribution in [3.8, 4) is 0 Å². The van der Waals surface area contributed by atoms with Crippen molar-refractivity contribution in [1.29, 1.82) is 0 Å². The Bertz CT molecular complexity index is 379. The lowest BCUT2D eigenvalue weighted by atomic mass is 9.57. The van der Waals surface area contributed by atoms with Gasteiger partial charge in [-0.1, -0.05) is 32.0 Å². The van der Waals surface area contributed by atoms with E-state index in [-0.39, 0.29) is 11.5 Å². The molecule has 0 aliphatic heterocycles. The second-order valence-electron chi connectivity index (χ2n) is 5.41. The monoisotopic (exact) mass is 204 g/mol. The summed E-state index contributed by atoms with van der Waals surface area (Å²) in [7, 11) is 0. The summed E-state index contributed by atoms with van der Waals surface area (Å²) >= 11 is 0. The van der Waals surface area contributed by atoms with Crippen LogP contribution in [0.25, 0.3) is 0 Å². The molecule has 1 nitrogen and oxygen atoms in total. The lowest BCUT2D eigenvalue weighted by molar-refractivity contribution is -0.0627. The minimum atomic E-state index is -0.137. The minimum Gasteiger partial charge on any atom is -0.393 e. The van der Waals surface area contributed by atoms with Crippen molar-refractivity contribution in [1.82, 2.24) is 0 Å². The summed E-state index contributed by atoms with van der Waals surface area (Å²) in [5.74, 6) is 0.521. The molecule has 1 aliphatic carbocycles. The van der Waals surface area contributed by atoms with Crippen LogP contribution in [0.15, 0.2) is 18.2 Å². The third-order valence-electron chi connectivity index (χ3n) is 4.24. The zero-order valence-electron chi connectivity index (χ0n) is 10.0. The number of hydrogen-bond donors (Lipinski definition) is 1. The van der Waals surface area contributed by atoms with E-state index in [0.29, 0.717) is 5.92 Å².